The number of rotatable bonds is 9. The lowest BCUT2D eigenvalue weighted by atomic mass is 10.2. The summed E-state index contributed by atoms with van der Waals surface area (Å²) in [5.74, 6) is 1.49. The number of halogens is 1. The van der Waals surface area contributed by atoms with Crippen molar-refractivity contribution in [3.63, 3.8) is 0 Å². The van der Waals surface area contributed by atoms with Gasteiger partial charge < -0.3 is 14.8 Å². The van der Waals surface area contributed by atoms with E-state index in [1.54, 1.807) is 0 Å². The maximum atomic E-state index is 5.79. The molecule has 19 heavy (non-hydrogen) atoms. The Morgan fingerprint density at radius 1 is 1.26 bits per heavy atom. The summed E-state index contributed by atoms with van der Waals surface area (Å²) < 4.78 is 12.4. The zero-order valence-corrected chi connectivity index (χ0v) is 13.6. The minimum Gasteiger partial charge on any atom is -0.491 e. The highest BCUT2D eigenvalue weighted by Crippen LogP contribution is 2.23. The van der Waals surface area contributed by atoms with E-state index >= 15 is 0 Å². The summed E-state index contributed by atoms with van der Waals surface area (Å²) in [6, 6.07) is 6.09. The van der Waals surface area contributed by atoms with E-state index in [4.69, 9.17) is 9.47 Å². The molecule has 108 valence electrons. The van der Waals surface area contributed by atoms with Gasteiger partial charge >= 0.3 is 0 Å². The molecule has 0 amide bonds. The second-order valence-corrected chi connectivity index (χ2v) is 5.77. The van der Waals surface area contributed by atoms with Crippen molar-refractivity contribution >= 4 is 15.9 Å². The molecule has 0 spiro atoms. The molecule has 0 fully saturated rings. The Balaban J connectivity index is 2.43. The van der Waals surface area contributed by atoms with Crippen LogP contribution >= 0.6 is 15.9 Å². The first kappa shape index (κ1) is 16.5. The third kappa shape index (κ3) is 6.95. The summed E-state index contributed by atoms with van der Waals surface area (Å²) in [7, 11) is 0. The second kappa shape index (κ2) is 9.34. The number of hydrogen-bond donors (Lipinski definition) is 1. The van der Waals surface area contributed by atoms with Gasteiger partial charge in [-0.25, -0.2) is 0 Å². The molecule has 0 bridgehead atoms. The first-order chi connectivity index (χ1) is 9.13. The van der Waals surface area contributed by atoms with Crippen LogP contribution in [0.25, 0.3) is 0 Å². The lowest BCUT2D eigenvalue weighted by molar-refractivity contribution is 0.0816. The molecule has 3 nitrogen and oxygen atoms in total. The average Bonchev–Trinajstić information content (AvgIpc) is 2.37. The van der Waals surface area contributed by atoms with E-state index in [1.807, 2.05) is 12.1 Å². The molecule has 0 saturated heterocycles. The summed E-state index contributed by atoms with van der Waals surface area (Å²) in [6.07, 6.45) is 0. The van der Waals surface area contributed by atoms with Crippen molar-refractivity contribution in [2.24, 2.45) is 5.92 Å². The number of benzene rings is 1. The third-order valence-corrected chi connectivity index (χ3v) is 3.02. The Labute approximate surface area is 124 Å². The van der Waals surface area contributed by atoms with Crippen LogP contribution in [0.2, 0.25) is 0 Å². The zero-order chi connectivity index (χ0) is 14.1. The fourth-order valence-corrected chi connectivity index (χ4v) is 2.02. The molecule has 0 aromatic heterocycles. The molecule has 1 N–H and O–H groups in total. The van der Waals surface area contributed by atoms with Crippen molar-refractivity contribution in [3.8, 4) is 5.75 Å². The Hall–Kier alpha value is -0.580. The minimum absolute atomic E-state index is 0.567. The molecule has 0 saturated carbocycles. The van der Waals surface area contributed by atoms with Gasteiger partial charge in [-0.05, 0) is 30.7 Å². The van der Waals surface area contributed by atoms with Crippen LogP contribution in [0.4, 0.5) is 0 Å². The molecule has 0 unspecified atom stereocenters. The van der Waals surface area contributed by atoms with Gasteiger partial charge in [0, 0.05) is 23.2 Å². The van der Waals surface area contributed by atoms with Crippen molar-refractivity contribution in [3.05, 3.63) is 28.2 Å². The summed E-state index contributed by atoms with van der Waals surface area (Å²) in [6.45, 7) is 10.2. The van der Waals surface area contributed by atoms with Gasteiger partial charge in [-0.1, -0.05) is 36.7 Å². The van der Waals surface area contributed by atoms with Crippen molar-refractivity contribution < 1.29 is 9.47 Å². The minimum atomic E-state index is 0.567. The van der Waals surface area contributed by atoms with Gasteiger partial charge in [0.1, 0.15) is 12.4 Å². The largest absolute Gasteiger partial charge is 0.491 e. The van der Waals surface area contributed by atoms with Crippen LogP contribution in [-0.4, -0.2) is 26.4 Å². The van der Waals surface area contributed by atoms with E-state index < -0.39 is 0 Å². The van der Waals surface area contributed by atoms with Gasteiger partial charge in [0.15, 0.2) is 0 Å². The van der Waals surface area contributed by atoms with Gasteiger partial charge in [0.25, 0.3) is 0 Å². The molecule has 1 aromatic carbocycles. The standard InChI is InChI=1S/C15H24BrNO2/c1-4-17-10-13-9-14(16)5-6-15(13)19-8-7-18-11-12(2)3/h5-6,9,12,17H,4,7-8,10-11H2,1-3H3. The van der Waals surface area contributed by atoms with Crippen LogP contribution < -0.4 is 10.1 Å². The lowest BCUT2D eigenvalue weighted by Crippen LogP contribution is -2.14. The fourth-order valence-electron chi connectivity index (χ4n) is 1.62. The molecule has 1 aromatic rings. The smallest absolute Gasteiger partial charge is 0.123 e. The van der Waals surface area contributed by atoms with Crippen molar-refractivity contribution in [1.29, 1.82) is 0 Å². The first-order valence-electron chi connectivity index (χ1n) is 6.83. The fraction of sp³-hybridized carbons (Fsp3) is 0.600. The van der Waals surface area contributed by atoms with Crippen LogP contribution in [0, 0.1) is 5.92 Å². The maximum Gasteiger partial charge on any atom is 0.123 e. The summed E-state index contributed by atoms with van der Waals surface area (Å²) in [5, 5.41) is 3.32. The van der Waals surface area contributed by atoms with Crippen LogP contribution in [0.5, 0.6) is 5.75 Å². The maximum absolute atomic E-state index is 5.79. The molecule has 4 heteroatoms. The van der Waals surface area contributed by atoms with Gasteiger partial charge in [-0.3, -0.25) is 0 Å². The molecule has 0 atom stereocenters. The highest BCUT2D eigenvalue weighted by Gasteiger charge is 2.04. The number of nitrogens with one attached hydrogen (secondary N) is 1. The molecule has 0 aliphatic carbocycles. The Morgan fingerprint density at radius 3 is 2.74 bits per heavy atom. The predicted molar refractivity (Wildman–Crippen MR) is 82.7 cm³/mol. The van der Waals surface area contributed by atoms with Crippen LogP contribution in [0.3, 0.4) is 0 Å². The highest BCUT2D eigenvalue weighted by molar-refractivity contribution is 9.10. The van der Waals surface area contributed by atoms with Crippen molar-refractivity contribution in [2.45, 2.75) is 27.3 Å². The lowest BCUT2D eigenvalue weighted by Gasteiger charge is -2.13. The van der Waals surface area contributed by atoms with Crippen LogP contribution in [0.1, 0.15) is 26.3 Å². The summed E-state index contributed by atoms with van der Waals surface area (Å²) >= 11 is 3.49. The molecule has 0 aliphatic rings. The Kier molecular flexibility index (Phi) is 8.10. The van der Waals surface area contributed by atoms with E-state index in [0.29, 0.717) is 19.1 Å². The summed E-state index contributed by atoms with van der Waals surface area (Å²) in [5.41, 5.74) is 1.17. The van der Waals surface area contributed by atoms with Crippen molar-refractivity contribution in [2.75, 3.05) is 26.4 Å². The molecule has 1 rings (SSSR count). The average molecular weight is 330 g/mol. The van der Waals surface area contributed by atoms with E-state index in [2.05, 4.69) is 48.1 Å². The van der Waals surface area contributed by atoms with Gasteiger partial charge in [0.05, 0.1) is 6.61 Å². The van der Waals surface area contributed by atoms with E-state index in [0.717, 1.165) is 29.9 Å². The third-order valence-electron chi connectivity index (χ3n) is 2.52. The molecule has 0 radical (unpaired) electrons. The molecular formula is C15H24BrNO2. The predicted octanol–water partition coefficient (Wildman–Crippen LogP) is 3.61. The van der Waals surface area contributed by atoms with Gasteiger partial charge in [-0.15, -0.1) is 0 Å². The van der Waals surface area contributed by atoms with E-state index in [1.165, 1.54) is 5.56 Å². The number of ether oxygens (including phenoxy) is 2. The van der Waals surface area contributed by atoms with Gasteiger partial charge in [0.2, 0.25) is 0 Å². The van der Waals surface area contributed by atoms with E-state index in [-0.39, 0.29) is 0 Å². The molecule has 0 heterocycles. The normalized spacial score (nSPS) is 11.0. The monoisotopic (exact) mass is 329 g/mol. The van der Waals surface area contributed by atoms with Crippen molar-refractivity contribution in [1.82, 2.24) is 5.32 Å². The quantitative estimate of drug-likeness (QED) is 0.702. The first-order valence-corrected chi connectivity index (χ1v) is 7.62. The molecular weight excluding hydrogens is 306 g/mol. The van der Waals surface area contributed by atoms with Gasteiger partial charge in [-0.2, -0.15) is 0 Å². The Bertz CT molecular complexity index is 369. The van der Waals surface area contributed by atoms with Crippen LogP contribution in [-0.2, 0) is 11.3 Å². The summed E-state index contributed by atoms with van der Waals surface area (Å²) in [4.78, 5) is 0. The molecule has 0 aliphatic heterocycles. The van der Waals surface area contributed by atoms with E-state index in [9.17, 15) is 0 Å². The topological polar surface area (TPSA) is 30.5 Å². The number of hydrogen-bond acceptors (Lipinski definition) is 3. The Morgan fingerprint density at radius 2 is 2.05 bits per heavy atom. The zero-order valence-electron chi connectivity index (χ0n) is 12.0. The van der Waals surface area contributed by atoms with Crippen LogP contribution in [0.15, 0.2) is 22.7 Å². The highest BCUT2D eigenvalue weighted by atomic mass is 79.9. The SMILES string of the molecule is CCNCc1cc(Br)ccc1OCCOCC(C)C. The second-order valence-electron chi connectivity index (χ2n) is 4.85.